The van der Waals surface area contributed by atoms with E-state index >= 15 is 0 Å². The van der Waals surface area contributed by atoms with Crippen molar-refractivity contribution in [2.45, 2.75) is 39.3 Å². The highest BCUT2D eigenvalue weighted by atomic mass is 32.1. The van der Waals surface area contributed by atoms with Crippen molar-refractivity contribution in [3.8, 4) is 0 Å². The Hall–Kier alpha value is -1.37. The van der Waals surface area contributed by atoms with Crippen molar-refractivity contribution in [1.82, 2.24) is 10.2 Å². The van der Waals surface area contributed by atoms with Crippen LogP contribution in [0.4, 0.5) is 4.79 Å². The minimum absolute atomic E-state index is 0.0615. The van der Waals surface area contributed by atoms with Gasteiger partial charge in [-0.05, 0) is 43.8 Å². The average Bonchev–Trinajstić information content (AvgIpc) is 3.15. The number of carbonyl (C=O) groups is 1. The third-order valence-corrected chi connectivity index (χ3v) is 5.36. The summed E-state index contributed by atoms with van der Waals surface area (Å²) in [6.45, 7) is 5.34. The van der Waals surface area contributed by atoms with Crippen molar-refractivity contribution < 1.29 is 9.90 Å². The molecule has 2 heterocycles. The van der Waals surface area contributed by atoms with Crippen LogP contribution in [0.25, 0.3) is 0 Å². The van der Waals surface area contributed by atoms with Gasteiger partial charge in [0.15, 0.2) is 0 Å². The van der Waals surface area contributed by atoms with Crippen LogP contribution in [0.3, 0.4) is 0 Å². The monoisotopic (exact) mass is 352 g/mol. The molecule has 0 unspecified atom stereocenters. The number of carbonyl (C=O) groups excluding carboxylic acids is 1. The Morgan fingerprint density at radius 1 is 1.35 bits per heavy atom. The van der Waals surface area contributed by atoms with Crippen LogP contribution >= 0.6 is 22.7 Å². The molecule has 0 bridgehead atoms. The molecule has 2 N–H and O–H groups in total. The zero-order chi connectivity index (χ0) is 16.7. The van der Waals surface area contributed by atoms with Crippen molar-refractivity contribution in [3.05, 3.63) is 44.3 Å². The third kappa shape index (κ3) is 5.97. The number of aliphatic hydroxyl groups is 1. The predicted octanol–water partition coefficient (Wildman–Crippen LogP) is 3.64. The average molecular weight is 353 g/mol. The summed E-state index contributed by atoms with van der Waals surface area (Å²) in [5, 5.41) is 14.2. The van der Waals surface area contributed by atoms with Gasteiger partial charge in [-0.1, -0.05) is 6.07 Å². The summed E-state index contributed by atoms with van der Waals surface area (Å²) in [6, 6.07) is 8.28. The molecule has 4 nitrogen and oxygen atoms in total. The largest absolute Gasteiger partial charge is 0.396 e. The van der Waals surface area contributed by atoms with E-state index in [1.165, 1.54) is 14.6 Å². The SMILES string of the molecule is Cc1ccc(CN(CCCO)C(=O)N[C@@H](C)Cc2cccs2)s1. The van der Waals surface area contributed by atoms with Crippen LogP contribution in [-0.2, 0) is 13.0 Å². The van der Waals surface area contributed by atoms with E-state index in [1.54, 1.807) is 27.6 Å². The molecular weight excluding hydrogens is 328 g/mol. The lowest BCUT2D eigenvalue weighted by Gasteiger charge is -2.24. The third-order valence-electron chi connectivity index (χ3n) is 3.47. The Morgan fingerprint density at radius 2 is 2.17 bits per heavy atom. The quantitative estimate of drug-likeness (QED) is 0.762. The van der Waals surface area contributed by atoms with E-state index in [9.17, 15) is 4.79 Å². The minimum atomic E-state index is -0.0615. The summed E-state index contributed by atoms with van der Waals surface area (Å²) < 4.78 is 0. The second-order valence-corrected chi connectivity index (χ2v) is 8.05. The Bertz CT molecular complexity index is 596. The molecule has 0 radical (unpaired) electrons. The second-order valence-electron chi connectivity index (χ2n) is 5.65. The van der Waals surface area contributed by atoms with E-state index in [2.05, 4.69) is 35.8 Å². The summed E-state index contributed by atoms with van der Waals surface area (Å²) in [5.74, 6) is 0. The molecule has 2 aromatic heterocycles. The van der Waals surface area contributed by atoms with Gasteiger partial charge in [-0.15, -0.1) is 22.7 Å². The van der Waals surface area contributed by atoms with Gasteiger partial charge in [0.2, 0.25) is 0 Å². The maximum atomic E-state index is 12.5. The molecule has 0 aliphatic rings. The van der Waals surface area contributed by atoms with Gasteiger partial charge < -0.3 is 15.3 Å². The fraction of sp³-hybridized carbons (Fsp3) is 0.471. The molecule has 0 aliphatic carbocycles. The molecule has 0 saturated heterocycles. The van der Waals surface area contributed by atoms with E-state index in [-0.39, 0.29) is 18.7 Å². The van der Waals surface area contributed by atoms with E-state index in [0.29, 0.717) is 19.5 Å². The standard InChI is InChI=1S/C17H24N2O2S2/c1-13(11-15-5-3-10-22-15)18-17(21)19(8-4-9-20)12-16-7-6-14(2)23-16/h3,5-7,10,13,20H,4,8-9,11-12H2,1-2H3,(H,18,21)/t13-/m0/s1. The zero-order valence-electron chi connectivity index (χ0n) is 13.6. The fourth-order valence-corrected chi connectivity index (χ4v) is 4.10. The van der Waals surface area contributed by atoms with E-state index < -0.39 is 0 Å². The number of amides is 2. The minimum Gasteiger partial charge on any atom is -0.396 e. The normalized spacial score (nSPS) is 12.1. The number of urea groups is 1. The summed E-state index contributed by atoms with van der Waals surface area (Å²) in [5.41, 5.74) is 0. The van der Waals surface area contributed by atoms with Gasteiger partial charge in [0.05, 0.1) is 6.54 Å². The highest BCUT2D eigenvalue weighted by molar-refractivity contribution is 7.11. The summed E-state index contributed by atoms with van der Waals surface area (Å²) >= 11 is 3.42. The molecule has 1 atom stereocenters. The van der Waals surface area contributed by atoms with Gasteiger partial charge >= 0.3 is 6.03 Å². The van der Waals surface area contributed by atoms with Crippen LogP contribution in [0, 0.1) is 6.92 Å². The molecule has 0 fully saturated rings. The fourth-order valence-electron chi connectivity index (χ4n) is 2.36. The van der Waals surface area contributed by atoms with Crippen LogP contribution in [-0.4, -0.2) is 35.2 Å². The topological polar surface area (TPSA) is 52.6 Å². The molecule has 0 aromatic carbocycles. The lowest BCUT2D eigenvalue weighted by atomic mass is 10.2. The number of hydrogen-bond acceptors (Lipinski definition) is 4. The number of nitrogens with zero attached hydrogens (tertiary/aromatic N) is 1. The molecule has 6 heteroatoms. The molecule has 2 rings (SSSR count). The molecule has 2 aromatic rings. The van der Waals surface area contributed by atoms with Crippen molar-refractivity contribution >= 4 is 28.7 Å². The van der Waals surface area contributed by atoms with Crippen molar-refractivity contribution in [2.24, 2.45) is 0 Å². The first-order chi connectivity index (χ1) is 11.1. The van der Waals surface area contributed by atoms with Crippen LogP contribution < -0.4 is 5.32 Å². The van der Waals surface area contributed by atoms with E-state index in [4.69, 9.17) is 5.11 Å². The molecule has 126 valence electrons. The van der Waals surface area contributed by atoms with E-state index in [1.807, 2.05) is 13.0 Å². The molecule has 0 spiro atoms. The van der Waals surface area contributed by atoms with Gasteiger partial charge in [0.25, 0.3) is 0 Å². The van der Waals surface area contributed by atoms with Gasteiger partial charge in [0, 0.05) is 40.2 Å². The Balaban J connectivity index is 1.92. The number of aliphatic hydroxyl groups excluding tert-OH is 1. The highest BCUT2D eigenvalue weighted by Crippen LogP contribution is 2.17. The number of hydrogen-bond donors (Lipinski definition) is 2. The number of aryl methyl sites for hydroxylation is 1. The molecule has 0 saturated carbocycles. The van der Waals surface area contributed by atoms with Crippen molar-refractivity contribution in [3.63, 3.8) is 0 Å². The first-order valence-electron chi connectivity index (χ1n) is 7.82. The Kier molecular flexibility index (Phi) is 7.08. The van der Waals surface area contributed by atoms with Gasteiger partial charge in [-0.2, -0.15) is 0 Å². The second kappa shape index (κ2) is 9.05. The Labute approximate surface area is 145 Å². The van der Waals surface area contributed by atoms with Crippen LogP contribution in [0.1, 0.15) is 28.0 Å². The van der Waals surface area contributed by atoms with Crippen LogP contribution in [0.5, 0.6) is 0 Å². The van der Waals surface area contributed by atoms with Crippen LogP contribution in [0.15, 0.2) is 29.6 Å². The van der Waals surface area contributed by atoms with Crippen molar-refractivity contribution in [1.29, 1.82) is 0 Å². The lowest BCUT2D eigenvalue weighted by Crippen LogP contribution is -2.44. The first kappa shape index (κ1) is 18.0. The summed E-state index contributed by atoms with van der Waals surface area (Å²) in [7, 11) is 0. The highest BCUT2D eigenvalue weighted by Gasteiger charge is 2.17. The Morgan fingerprint density at radius 3 is 2.78 bits per heavy atom. The zero-order valence-corrected chi connectivity index (χ0v) is 15.3. The van der Waals surface area contributed by atoms with Gasteiger partial charge in [-0.25, -0.2) is 4.79 Å². The van der Waals surface area contributed by atoms with Gasteiger partial charge in [0.1, 0.15) is 0 Å². The number of nitrogens with one attached hydrogen (secondary N) is 1. The van der Waals surface area contributed by atoms with Crippen molar-refractivity contribution in [2.75, 3.05) is 13.2 Å². The lowest BCUT2D eigenvalue weighted by molar-refractivity contribution is 0.184. The first-order valence-corrected chi connectivity index (χ1v) is 9.52. The predicted molar refractivity (Wildman–Crippen MR) is 97.2 cm³/mol. The molecule has 0 aliphatic heterocycles. The summed E-state index contributed by atoms with van der Waals surface area (Å²) in [6.07, 6.45) is 1.44. The van der Waals surface area contributed by atoms with Crippen LogP contribution in [0.2, 0.25) is 0 Å². The smallest absolute Gasteiger partial charge is 0.317 e. The molecule has 2 amide bonds. The van der Waals surface area contributed by atoms with E-state index in [0.717, 1.165) is 6.42 Å². The molecular formula is C17H24N2O2S2. The van der Waals surface area contributed by atoms with Gasteiger partial charge in [-0.3, -0.25) is 0 Å². The maximum Gasteiger partial charge on any atom is 0.317 e. The number of thiophene rings is 2. The number of rotatable bonds is 8. The summed E-state index contributed by atoms with van der Waals surface area (Å²) in [4.78, 5) is 18.0. The molecule has 23 heavy (non-hydrogen) atoms. The maximum absolute atomic E-state index is 12.5.